The van der Waals surface area contributed by atoms with E-state index in [-0.39, 0.29) is 15.6 Å². The summed E-state index contributed by atoms with van der Waals surface area (Å²) < 4.78 is -0.323. The number of hydrogen-bond donors (Lipinski definition) is 2. The second-order valence-electron chi connectivity index (χ2n) is 2.85. The molecule has 4 nitrogen and oxygen atoms in total. The van der Waals surface area contributed by atoms with Crippen molar-refractivity contribution in [2.75, 3.05) is 11.5 Å². The summed E-state index contributed by atoms with van der Waals surface area (Å²) in [5, 5.41) is 17.0. The number of carbonyl (C=O) groups is 2. The summed E-state index contributed by atoms with van der Waals surface area (Å²) in [4.78, 5) is 20.7. The Labute approximate surface area is 91.5 Å². The molecular formula is C8H14O4S2. The van der Waals surface area contributed by atoms with Crippen LogP contribution >= 0.6 is 23.5 Å². The van der Waals surface area contributed by atoms with Crippen molar-refractivity contribution < 1.29 is 19.8 Å². The summed E-state index contributed by atoms with van der Waals surface area (Å²) >= 11 is 2.55. The minimum Gasteiger partial charge on any atom is -0.481 e. The molecule has 2 N–H and O–H groups in total. The molecule has 0 amide bonds. The van der Waals surface area contributed by atoms with E-state index in [9.17, 15) is 9.59 Å². The van der Waals surface area contributed by atoms with Crippen LogP contribution in [0.3, 0.4) is 0 Å². The van der Waals surface area contributed by atoms with Gasteiger partial charge in [0, 0.05) is 0 Å². The lowest BCUT2D eigenvalue weighted by Crippen LogP contribution is -2.19. The molecule has 0 aliphatic carbocycles. The molecular weight excluding hydrogens is 224 g/mol. The summed E-state index contributed by atoms with van der Waals surface area (Å²) in [5.41, 5.74) is 0. The van der Waals surface area contributed by atoms with Crippen LogP contribution in [-0.4, -0.2) is 37.7 Å². The van der Waals surface area contributed by atoms with Gasteiger partial charge in [0.05, 0.1) is 15.6 Å². The van der Waals surface area contributed by atoms with Gasteiger partial charge in [0.15, 0.2) is 0 Å². The van der Waals surface area contributed by atoms with Crippen LogP contribution in [0, 0.1) is 0 Å². The molecule has 14 heavy (non-hydrogen) atoms. The van der Waals surface area contributed by atoms with Crippen LogP contribution in [0.4, 0.5) is 0 Å². The molecule has 6 heteroatoms. The predicted octanol–water partition coefficient (Wildman–Crippen LogP) is 1.75. The molecule has 0 aliphatic rings. The van der Waals surface area contributed by atoms with E-state index in [1.165, 1.54) is 23.5 Å². The van der Waals surface area contributed by atoms with Gasteiger partial charge in [-0.3, -0.25) is 9.59 Å². The molecule has 0 saturated heterocycles. The maximum absolute atomic E-state index is 10.4. The normalized spacial score (nSPS) is 11.3. The zero-order valence-corrected chi connectivity index (χ0v) is 9.78. The number of thioether (sulfide) groups is 2. The van der Waals surface area contributed by atoms with Gasteiger partial charge in [-0.1, -0.05) is 6.92 Å². The quantitative estimate of drug-likeness (QED) is 0.658. The van der Waals surface area contributed by atoms with E-state index in [1.54, 1.807) is 0 Å². The standard InChI is InChI=1S/C8H14O4S2/c1-3-8(2,13-4-6(9)10)14-5-7(11)12/h3-5H2,1-2H3,(H,9,10)(H,11,12). The second kappa shape index (κ2) is 6.19. The zero-order chi connectivity index (χ0) is 11.2. The van der Waals surface area contributed by atoms with Crippen LogP contribution in [0.2, 0.25) is 0 Å². The first-order chi connectivity index (χ1) is 6.39. The molecule has 0 spiro atoms. The summed E-state index contributed by atoms with van der Waals surface area (Å²) in [6.07, 6.45) is 0.739. The molecule has 0 aliphatic heterocycles. The number of carboxylic acid groups (broad SMARTS) is 2. The first-order valence-corrected chi connectivity index (χ1v) is 6.08. The van der Waals surface area contributed by atoms with Crippen molar-refractivity contribution in [3.8, 4) is 0 Å². The van der Waals surface area contributed by atoms with E-state index in [0.29, 0.717) is 0 Å². The van der Waals surface area contributed by atoms with Gasteiger partial charge >= 0.3 is 11.9 Å². The third-order valence-electron chi connectivity index (χ3n) is 1.64. The van der Waals surface area contributed by atoms with Crippen LogP contribution in [-0.2, 0) is 9.59 Å². The molecule has 0 heterocycles. The lowest BCUT2D eigenvalue weighted by molar-refractivity contribution is -0.134. The lowest BCUT2D eigenvalue weighted by atomic mass is 10.4. The minimum atomic E-state index is -0.870. The van der Waals surface area contributed by atoms with E-state index in [2.05, 4.69) is 0 Å². The Kier molecular flexibility index (Phi) is 6.03. The zero-order valence-electron chi connectivity index (χ0n) is 8.15. The van der Waals surface area contributed by atoms with Crippen LogP contribution in [0.5, 0.6) is 0 Å². The average molecular weight is 238 g/mol. The van der Waals surface area contributed by atoms with E-state index in [4.69, 9.17) is 10.2 Å². The van der Waals surface area contributed by atoms with Crippen molar-refractivity contribution in [3.63, 3.8) is 0 Å². The summed E-state index contributed by atoms with van der Waals surface area (Å²) in [6, 6.07) is 0. The van der Waals surface area contributed by atoms with Crippen LogP contribution in [0.1, 0.15) is 20.3 Å². The fourth-order valence-electron chi connectivity index (χ4n) is 0.675. The molecule has 0 unspecified atom stereocenters. The number of rotatable bonds is 7. The highest BCUT2D eigenvalue weighted by Crippen LogP contribution is 2.39. The Hall–Kier alpha value is -0.360. The SMILES string of the molecule is CCC(C)(SCC(=O)O)SCC(=O)O. The molecule has 0 aromatic carbocycles. The highest BCUT2D eigenvalue weighted by molar-refractivity contribution is 8.18. The molecule has 0 bridgehead atoms. The van der Waals surface area contributed by atoms with Gasteiger partial charge in [-0.2, -0.15) is 0 Å². The lowest BCUT2D eigenvalue weighted by Gasteiger charge is -2.25. The smallest absolute Gasteiger partial charge is 0.313 e. The van der Waals surface area contributed by atoms with Crippen LogP contribution in [0.15, 0.2) is 0 Å². The van der Waals surface area contributed by atoms with Gasteiger partial charge in [-0.15, -0.1) is 23.5 Å². The van der Waals surface area contributed by atoms with Gasteiger partial charge in [0.2, 0.25) is 0 Å². The molecule has 0 aromatic rings. The first kappa shape index (κ1) is 13.6. The fourth-order valence-corrected chi connectivity index (χ4v) is 2.63. The average Bonchev–Trinajstić information content (AvgIpc) is 2.11. The molecule has 82 valence electrons. The predicted molar refractivity (Wildman–Crippen MR) is 58.9 cm³/mol. The Morgan fingerprint density at radius 3 is 1.71 bits per heavy atom. The molecule has 0 atom stereocenters. The Balaban J connectivity index is 4.03. The maximum atomic E-state index is 10.4. The first-order valence-electron chi connectivity index (χ1n) is 4.11. The highest BCUT2D eigenvalue weighted by Gasteiger charge is 2.25. The van der Waals surface area contributed by atoms with Crippen molar-refractivity contribution in [2.24, 2.45) is 0 Å². The highest BCUT2D eigenvalue weighted by atomic mass is 32.2. The topological polar surface area (TPSA) is 74.6 Å². The Morgan fingerprint density at radius 2 is 1.50 bits per heavy atom. The third kappa shape index (κ3) is 6.15. The van der Waals surface area contributed by atoms with Crippen molar-refractivity contribution in [3.05, 3.63) is 0 Å². The van der Waals surface area contributed by atoms with E-state index >= 15 is 0 Å². The molecule has 0 rings (SSSR count). The monoisotopic (exact) mass is 238 g/mol. The van der Waals surface area contributed by atoms with Gasteiger partial charge in [0.1, 0.15) is 0 Å². The van der Waals surface area contributed by atoms with Gasteiger partial charge in [-0.25, -0.2) is 0 Å². The molecule has 0 aromatic heterocycles. The van der Waals surface area contributed by atoms with Crippen molar-refractivity contribution >= 4 is 35.5 Å². The van der Waals surface area contributed by atoms with Crippen molar-refractivity contribution in [1.82, 2.24) is 0 Å². The van der Waals surface area contributed by atoms with Gasteiger partial charge in [-0.05, 0) is 13.3 Å². The van der Waals surface area contributed by atoms with E-state index in [0.717, 1.165) is 6.42 Å². The largest absolute Gasteiger partial charge is 0.481 e. The summed E-state index contributed by atoms with van der Waals surface area (Å²) in [6.45, 7) is 3.79. The molecule has 0 radical (unpaired) electrons. The molecule has 0 fully saturated rings. The molecule has 0 saturated carbocycles. The maximum Gasteiger partial charge on any atom is 0.313 e. The van der Waals surface area contributed by atoms with Crippen LogP contribution in [0.25, 0.3) is 0 Å². The number of aliphatic carboxylic acids is 2. The fraction of sp³-hybridized carbons (Fsp3) is 0.750. The summed E-state index contributed by atoms with van der Waals surface area (Å²) in [5.74, 6) is -1.72. The minimum absolute atomic E-state index is 0.0109. The second-order valence-corrected chi connectivity index (χ2v) is 6.07. The summed E-state index contributed by atoms with van der Waals surface area (Å²) in [7, 11) is 0. The van der Waals surface area contributed by atoms with Gasteiger partial charge < -0.3 is 10.2 Å². The third-order valence-corrected chi connectivity index (χ3v) is 4.93. The van der Waals surface area contributed by atoms with Crippen molar-refractivity contribution in [2.45, 2.75) is 24.3 Å². The Morgan fingerprint density at radius 1 is 1.14 bits per heavy atom. The van der Waals surface area contributed by atoms with Crippen LogP contribution < -0.4 is 0 Å². The van der Waals surface area contributed by atoms with E-state index in [1.807, 2.05) is 13.8 Å². The van der Waals surface area contributed by atoms with Crippen molar-refractivity contribution in [1.29, 1.82) is 0 Å². The Bertz CT molecular complexity index is 199. The number of carboxylic acids is 2. The number of hydrogen-bond acceptors (Lipinski definition) is 4. The van der Waals surface area contributed by atoms with E-state index < -0.39 is 11.9 Å². The van der Waals surface area contributed by atoms with Gasteiger partial charge in [0.25, 0.3) is 0 Å².